The molecular formula is C14H26ClNO2. The van der Waals surface area contributed by atoms with Gasteiger partial charge in [-0.2, -0.15) is 0 Å². The first-order chi connectivity index (χ1) is 8.34. The Labute approximate surface area is 116 Å². The minimum atomic E-state index is -0.204. The second-order valence-corrected chi connectivity index (χ2v) is 6.15. The number of hydrogen-bond donors (Lipinski definition) is 1. The van der Waals surface area contributed by atoms with Crippen molar-refractivity contribution in [2.75, 3.05) is 5.88 Å². The number of halogens is 1. The average molecular weight is 276 g/mol. The second kappa shape index (κ2) is 6.25. The van der Waals surface area contributed by atoms with E-state index in [1.165, 1.54) is 0 Å². The number of alkyl halides is 1. The van der Waals surface area contributed by atoms with Gasteiger partial charge in [0, 0.05) is 11.4 Å². The van der Waals surface area contributed by atoms with Crippen LogP contribution in [0.5, 0.6) is 0 Å². The van der Waals surface area contributed by atoms with Gasteiger partial charge in [0.25, 0.3) is 0 Å². The molecular weight excluding hydrogens is 250 g/mol. The van der Waals surface area contributed by atoms with Gasteiger partial charge < -0.3 is 10.1 Å². The number of rotatable bonds is 5. The number of hydrogen-bond acceptors (Lipinski definition) is 2. The van der Waals surface area contributed by atoms with E-state index < -0.39 is 0 Å². The molecule has 1 fully saturated rings. The van der Waals surface area contributed by atoms with Gasteiger partial charge in [-0.15, -0.1) is 11.6 Å². The Hall–Kier alpha value is -0.280. The third kappa shape index (κ3) is 3.39. The van der Waals surface area contributed by atoms with E-state index in [4.69, 9.17) is 16.3 Å². The highest BCUT2D eigenvalue weighted by atomic mass is 35.5. The zero-order chi connectivity index (χ0) is 13.9. The summed E-state index contributed by atoms with van der Waals surface area (Å²) in [6, 6.07) is 0. The third-order valence-corrected chi connectivity index (χ3v) is 4.59. The Morgan fingerprint density at radius 2 is 1.94 bits per heavy atom. The summed E-state index contributed by atoms with van der Waals surface area (Å²) in [6.45, 7) is 10.2. The van der Waals surface area contributed by atoms with Gasteiger partial charge >= 0.3 is 0 Å². The molecule has 1 heterocycles. The van der Waals surface area contributed by atoms with Crippen LogP contribution in [0.25, 0.3) is 0 Å². The molecule has 0 aromatic carbocycles. The van der Waals surface area contributed by atoms with Gasteiger partial charge in [0.1, 0.15) is 0 Å². The minimum absolute atomic E-state index is 0.00731. The molecule has 0 saturated carbocycles. The van der Waals surface area contributed by atoms with Crippen LogP contribution < -0.4 is 5.32 Å². The lowest BCUT2D eigenvalue weighted by Gasteiger charge is -2.31. The van der Waals surface area contributed by atoms with E-state index in [0.717, 1.165) is 12.8 Å². The maximum absolute atomic E-state index is 12.4. The largest absolute Gasteiger partial charge is 0.374 e. The van der Waals surface area contributed by atoms with Crippen molar-refractivity contribution in [2.24, 2.45) is 11.8 Å². The van der Waals surface area contributed by atoms with Crippen LogP contribution in [0.2, 0.25) is 0 Å². The van der Waals surface area contributed by atoms with Gasteiger partial charge in [0.15, 0.2) is 0 Å². The van der Waals surface area contributed by atoms with Gasteiger partial charge in [-0.1, -0.05) is 13.8 Å². The standard InChI is InChI=1S/C14H26ClNO2/c1-6-14(5,7-8-15)16-13(17)12-9(2)10(3)18-11(12)4/h9-12H,6-8H2,1-5H3,(H,16,17). The molecule has 1 rings (SSSR count). The smallest absolute Gasteiger partial charge is 0.226 e. The molecule has 3 nitrogen and oxygen atoms in total. The second-order valence-electron chi connectivity index (χ2n) is 5.77. The number of ether oxygens (including phenoxy) is 1. The molecule has 0 bridgehead atoms. The lowest BCUT2D eigenvalue weighted by molar-refractivity contribution is -0.129. The predicted octanol–water partition coefficient (Wildman–Crippen LogP) is 2.96. The average Bonchev–Trinajstić information content (AvgIpc) is 2.53. The molecule has 0 radical (unpaired) electrons. The third-order valence-electron chi connectivity index (χ3n) is 4.40. The summed E-state index contributed by atoms with van der Waals surface area (Å²) in [6.07, 6.45) is 1.82. The SMILES string of the molecule is CCC(C)(CCCl)NC(=O)C1C(C)OC(C)C1C. The monoisotopic (exact) mass is 275 g/mol. The molecule has 5 atom stereocenters. The number of nitrogens with one attached hydrogen (secondary N) is 1. The first-order valence-electron chi connectivity index (χ1n) is 6.88. The zero-order valence-electron chi connectivity index (χ0n) is 12.1. The molecule has 0 aromatic rings. The molecule has 1 aliphatic rings. The van der Waals surface area contributed by atoms with Crippen molar-refractivity contribution in [1.82, 2.24) is 5.32 Å². The zero-order valence-corrected chi connectivity index (χ0v) is 12.9. The first-order valence-corrected chi connectivity index (χ1v) is 7.41. The van der Waals surface area contributed by atoms with Gasteiger partial charge in [-0.05, 0) is 39.5 Å². The molecule has 106 valence electrons. The highest BCUT2D eigenvalue weighted by Gasteiger charge is 2.42. The lowest BCUT2D eigenvalue weighted by atomic mass is 9.87. The molecule has 1 N–H and O–H groups in total. The van der Waals surface area contributed by atoms with Gasteiger partial charge in [0.2, 0.25) is 5.91 Å². The summed E-state index contributed by atoms with van der Waals surface area (Å²) < 4.78 is 5.73. The summed E-state index contributed by atoms with van der Waals surface area (Å²) >= 11 is 5.81. The van der Waals surface area contributed by atoms with Crippen molar-refractivity contribution in [2.45, 2.75) is 65.2 Å². The summed E-state index contributed by atoms with van der Waals surface area (Å²) in [5.74, 6) is 0.875. The van der Waals surface area contributed by atoms with E-state index in [2.05, 4.69) is 26.1 Å². The van der Waals surface area contributed by atoms with Crippen LogP contribution in [0.3, 0.4) is 0 Å². The molecule has 4 heteroatoms. The molecule has 5 unspecified atom stereocenters. The highest BCUT2D eigenvalue weighted by molar-refractivity contribution is 6.17. The Morgan fingerprint density at radius 1 is 1.33 bits per heavy atom. The van der Waals surface area contributed by atoms with E-state index in [1.54, 1.807) is 0 Å². The van der Waals surface area contributed by atoms with Crippen molar-refractivity contribution >= 4 is 17.5 Å². The van der Waals surface area contributed by atoms with E-state index in [-0.39, 0.29) is 35.5 Å². The van der Waals surface area contributed by atoms with E-state index >= 15 is 0 Å². The molecule has 0 aromatic heterocycles. The van der Waals surface area contributed by atoms with Gasteiger partial charge in [-0.3, -0.25) is 4.79 Å². The Bertz CT molecular complexity index is 298. The number of carbonyl (C=O) groups excluding carboxylic acids is 1. The van der Waals surface area contributed by atoms with Crippen LogP contribution in [0.1, 0.15) is 47.5 Å². The van der Waals surface area contributed by atoms with Crippen LogP contribution in [0, 0.1) is 11.8 Å². The fraction of sp³-hybridized carbons (Fsp3) is 0.929. The summed E-state index contributed by atoms with van der Waals surface area (Å²) in [7, 11) is 0. The Kier molecular flexibility index (Phi) is 5.47. The van der Waals surface area contributed by atoms with Crippen LogP contribution in [0.4, 0.5) is 0 Å². The van der Waals surface area contributed by atoms with Crippen LogP contribution in [-0.4, -0.2) is 29.5 Å². The fourth-order valence-electron chi connectivity index (χ4n) is 2.64. The van der Waals surface area contributed by atoms with Crippen LogP contribution >= 0.6 is 11.6 Å². The molecule has 18 heavy (non-hydrogen) atoms. The summed E-state index contributed by atoms with van der Waals surface area (Å²) in [4.78, 5) is 12.4. The summed E-state index contributed by atoms with van der Waals surface area (Å²) in [5, 5.41) is 3.16. The first kappa shape index (κ1) is 15.8. The van der Waals surface area contributed by atoms with Crippen molar-refractivity contribution in [3.63, 3.8) is 0 Å². The maximum atomic E-state index is 12.4. The van der Waals surface area contributed by atoms with Crippen molar-refractivity contribution in [3.8, 4) is 0 Å². The van der Waals surface area contributed by atoms with Gasteiger partial charge in [-0.25, -0.2) is 0 Å². The van der Waals surface area contributed by atoms with Gasteiger partial charge in [0.05, 0.1) is 18.1 Å². The minimum Gasteiger partial charge on any atom is -0.374 e. The lowest BCUT2D eigenvalue weighted by Crippen LogP contribution is -2.50. The van der Waals surface area contributed by atoms with E-state index in [0.29, 0.717) is 5.88 Å². The molecule has 0 spiro atoms. The van der Waals surface area contributed by atoms with Crippen LogP contribution in [-0.2, 0) is 9.53 Å². The summed E-state index contributed by atoms with van der Waals surface area (Å²) in [5.41, 5.74) is -0.204. The fourth-order valence-corrected chi connectivity index (χ4v) is 3.05. The molecule has 1 saturated heterocycles. The van der Waals surface area contributed by atoms with Crippen molar-refractivity contribution in [3.05, 3.63) is 0 Å². The normalized spacial score (nSPS) is 35.2. The predicted molar refractivity (Wildman–Crippen MR) is 74.8 cm³/mol. The van der Waals surface area contributed by atoms with Crippen molar-refractivity contribution in [1.29, 1.82) is 0 Å². The van der Waals surface area contributed by atoms with Crippen molar-refractivity contribution < 1.29 is 9.53 Å². The van der Waals surface area contributed by atoms with E-state index in [9.17, 15) is 4.79 Å². The Morgan fingerprint density at radius 3 is 2.33 bits per heavy atom. The topological polar surface area (TPSA) is 38.3 Å². The molecule has 1 aliphatic heterocycles. The number of carbonyl (C=O) groups is 1. The number of amides is 1. The molecule has 1 amide bonds. The molecule has 0 aliphatic carbocycles. The Balaban J connectivity index is 2.70. The maximum Gasteiger partial charge on any atom is 0.226 e. The quantitative estimate of drug-likeness (QED) is 0.784. The van der Waals surface area contributed by atoms with Crippen LogP contribution in [0.15, 0.2) is 0 Å². The highest BCUT2D eigenvalue weighted by Crippen LogP contribution is 2.33. The van der Waals surface area contributed by atoms with E-state index in [1.807, 2.05) is 13.8 Å².